The number of aliphatic hydroxyl groups excluding tert-OH is 1. The number of para-hydroxylation sites is 1. The minimum Gasteiger partial charge on any atom is -0.456 e. The van der Waals surface area contributed by atoms with Gasteiger partial charge in [0.1, 0.15) is 17.3 Å². The molecular weight excluding hydrogens is 272 g/mol. The Balaban J connectivity index is 2.46. The van der Waals surface area contributed by atoms with Crippen molar-refractivity contribution in [3.63, 3.8) is 0 Å². The van der Waals surface area contributed by atoms with Crippen LogP contribution in [-0.4, -0.2) is 17.2 Å². The summed E-state index contributed by atoms with van der Waals surface area (Å²) in [5.74, 6) is 1.05. The molecule has 0 unspecified atom stereocenters. The van der Waals surface area contributed by atoms with Gasteiger partial charge in [-0.1, -0.05) is 24.3 Å². The zero-order valence-electron chi connectivity index (χ0n) is 11.1. The number of nitrogens with two attached hydrogens (primary N) is 1. The standard InChI is InChI=1S/C15H16N2O2S/c1-20-13-8-4-7-12(14(13)15(16)17)19-11-6-3-2-5-10(11)9-18/h2-8,18H,9H2,1H3,(H3,16,17). The summed E-state index contributed by atoms with van der Waals surface area (Å²) in [5.41, 5.74) is 6.92. The zero-order valence-corrected chi connectivity index (χ0v) is 11.9. The second-order valence-corrected chi connectivity index (χ2v) is 4.96. The van der Waals surface area contributed by atoms with E-state index in [-0.39, 0.29) is 12.4 Å². The van der Waals surface area contributed by atoms with Crippen LogP contribution in [0.1, 0.15) is 11.1 Å². The molecule has 0 aliphatic carbocycles. The number of thioether (sulfide) groups is 1. The molecule has 0 heterocycles. The topological polar surface area (TPSA) is 79.3 Å². The van der Waals surface area contributed by atoms with E-state index < -0.39 is 0 Å². The van der Waals surface area contributed by atoms with Gasteiger partial charge in [0.25, 0.3) is 0 Å². The van der Waals surface area contributed by atoms with Gasteiger partial charge in [0, 0.05) is 10.5 Å². The van der Waals surface area contributed by atoms with Gasteiger partial charge in [-0.3, -0.25) is 5.41 Å². The van der Waals surface area contributed by atoms with Gasteiger partial charge < -0.3 is 15.6 Å². The molecule has 0 spiro atoms. The Kier molecular flexibility index (Phi) is 4.65. The van der Waals surface area contributed by atoms with Crippen molar-refractivity contribution in [1.82, 2.24) is 0 Å². The van der Waals surface area contributed by atoms with Crippen molar-refractivity contribution in [1.29, 1.82) is 5.41 Å². The number of amidine groups is 1. The number of aliphatic hydroxyl groups is 1. The molecule has 20 heavy (non-hydrogen) atoms. The third-order valence-corrected chi connectivity index (χ3v) is 3.62. The smallest absolute Gasteiger partial charge is 0.139 e. The SMILES string of the molecule is CSc1cccc(Oc2ccccc2CO)c1C(=N)N. The molecule has 0 aliphatic heterocycles. The summed E-state index contributed by atoms with van der Waals surface area (Å²) in [7, 11) is 0. The van der Waals surface area contributed by atoms with Gasteiger partial charge in [-0.2, -0.15) is 0 Å². The maximum Gasteiger partial charge on any atom is 0.139 e. The molecule has 2 aromatic carbocycles. The molecule has 0 saturated heterocycles. The van der Waals surface area contributed by atoms with Crippen molar-refractivity contribution in [2.75, 3.05) is 6.26 Å². The van der Waals surface area contributed by atoms with Crippen molar-refractivity contribution in [3.05, 3.63) is 53.6 Å². The normalized spacial score (nSPS) is 10.3. The quantitative estimate of drug-likeness (QED) is 0.449. The van der Waals surface area contributed by atoms with E-state index >= 15 is 0 Å². The Bertz CT molecular complexity index is 629. The molecular formula is C15H16N2O2S. The fourth-order valence-corrected chi connectivity index (χ4v) is 2.51. The summed E-state index contributed by atoms with van der Waals surface area (Å²) in [5, 5.41) is 17.0. The Labute approximate surface area is 122 Å². The van der Waals surface area contributed by atoms with E-state index in [1.54, 1.807) is 18.2 Å². The van der Waals surface area contributed by atoms with Crippen LogP contribution in [0.5, 0.6) is 11.5 Å². The minimum absolute atomic E-state index is 0.0357. The summed E-state index contributed by atoms with van der Waals surface area (Å²) in [6, 6.07) is 12.8. The number of ether oxygens (including phenoxy) is 1. The van der Waals surface area contributed by atoms with Crippen LogP contribution < -0.4 is 10.5 Å². The lowest BCUT2D eigenvalue weighted by Crippen LogP contribution is -2.13. The predicted octanol–water partition coefficient (Wildman–Crippen LogP) is 2.98. The molecule has 0 amide bonds. The Morgan fingerprint density at radius 1 is 1.20 bits per heavy atom. The van der Waals surface area contributed by atoms with Crippen LogP contribution in [0.15, 0.2) is 47.4 Å². The lowest BCUT2D eigenvalue weighted by Gasteiger charge is -2.15. The van der Waals surface area contributed by atoms with Crippen LogP contribution in [0, 0.1) is 5.41 Å². The van der Waals surface area contributed by atoms with E-state index in [0.717, 1.165) is 4.90 Å². The molecule has 0 atom stereocenters. The third kappa shape index (κ3) is 2.95. The van der Waals surface area contributed by atoms with Crippen molar-refractivity contribution in [2.45, 2.75) is 11.5 Å². The van der Waals surface area contributed by atoms with Gasteiger partial charge in [-0.15, -0.1) is 11.8 Å². The molecule has 0 aromatic heterocycles. The molecule has 5 heteroatoms. The Morgan fingerprint density at radius 2 is 1.90 bits per heavy atom. The maximum atomic E-state index is 9.32. The fourth-order valence-electron chi connectivity index (χ4n) is 1.88. The van der Waals surface area contributed by atoms with E-state index in [4.69, 9.17) is 15.9 Å². The zero-order chi connectivity index (χ0) is 14.5. The Hall–Kier alpha value is -1.98. The van der Waals surface area contributed by atoms with E-state index in [1.165, 1.54) is 11.8 Å². The van der Waals surface area contributed by atoms with Crippen LogP contribution in [0.3, 0.4) is 0 Å². The van der Waals surface area contributed by atoms with Crippen LogP contribution in [-0.2, 0) is 6.61 Å². The summed E-state index contributed by atoms with van der Waals surface area (Å²) in [6.07, 6.45) is 1.92. The molecule has 4 N–H and O–H groups in total. The number of nitrogen functional groups attached to an aromatic ring is 1. The highest BCUT2D eigenvalue weighted by molar-refractivity contribution is 7.98. The first-order valence-corrected chi connectivity index (χ1v) is 7.28. The summed E-state index contributed by atoms with van der Waals surface area (Å²) < 4.78 is 5.84. The van der Waals surface area contributed by atoms with Gasteiger partial charge in [-0.05, 0) is 24.5 Å². The van der Waals surface area contributed by atoms with Crippen LogP contribution >= 0.6 is 11.8 Å². The molecule has 0 saturated carbocycles. The summed E-state index contributed by atoms with van der Waals surface area (Å²) in [6.45, 7) is -0.103. The van der Waals surface area contributed by atoms with E-state index in [1.807, 2.05) is 30.5 Å². The summed E-state index contributed by atoms with van der Waals surface area (Å²) in [4.78, 5) is 0.886. The molecule has 4 nitrogen and oxygen atoms in total. The van der Waals surface area contributed by atoms with Crippen LogP contribution in [0.25, 0.3) is 0 Å². The molecule has 0 bridgehead atoms. The molecule has 104 valence electrons. The second kappa shape index (κ2) is 6.45. The monoisotopic (exact) mass is 288 g/mol. The lowest BCUT2D eigenvalue weighted by molar-refractivity contribution is 0.276. The second-order valence-electron chi connectivity index (χ2n) is 4.11. The number of benzene rings is 2. The van der Waals surface area contributed by atoms with Crippen LogP contribution in [0.2, 0.25) is 0 Å². The fraction of sp³-hybridized carbons (Fsp3) is 0.133. The average Bonchev–Trinajstić information content (AvgIpc) is 2.47. The Morgan fingerprint density at radius 3 is 2.55 bits per heavy atom. The number of hydrogen-bond donors (Lipinski definition) is 3. The van der Waals surface area contributed by atoms with Crippen molar-refractivity contribution in [3.8, 4) is 11.5 Å². The number of hydrogen-bond acceptors (Lipinski definition) is 4. The summed E-state index contributed by atoms with van der Waals surface area (Å²) >= 11 is 1.51. The van der Waals surface area contributed by atoms with E-state index in [0.29, 0.717) is 22.6 Å². The lowest BCUT2D eigenvalue weighted by atomic mass is 10.1. The molecule has 0 radical (unpaired) electrons. The van der Waals surface area contributed by atoms with Gasteiger partial charge in [-0.25, -0.2) is 0 Å². The minimum atomic E-state index is -0.103. The van der Waals surface area contributed by atoms with Crippen LogP contribution in [0.4, 0.5) is 0 Å². The molecule has 2 aromatic rings. The van der Waals surface area contributed by atoms with Gasteiger partial charge >= 0.3 is 0 Å². The van der Waals surface area contributed by atoms with Crippen molar-refractivity contribution < 1.29 is 9.84 Å². The van der Waals surface area contributed by atoms with E-state index in [9.17, 15) is 5.11 Å². The largest absolute Gasteiger partial charge is 0.456 e. The highest BCUT2D eigenvalue weighted by Crippen LogP contribution is 2.33. The highest BCUT2D eigenvalue weighted by Gasteiger charge is 2.13. The van der Waals surface area contributed by atoms with E-state index in [2.05, 4.69) is 0 Å². The molecule has 0 aliphatic rings. The maximum absolute atomic E-state index is 9.32. The first kappa shape index (κ1) is 14.4. The predicted molar refractivity (Wildman–Crippen MR) is 81.7 cm³/mol. The number of nitrogens with one attached hydrogen (secondary N) is 1. The first-order chi connectivity index (χ1) is 9.67. The third-order valence-electron chi connectivity index (χ3n) is 2.84. The highest BCUT2D eigenvalue weighted by atomic mass is 32.2. The van der Waals surface area contributed by atoms with Gasteiger partial charge in [0.05, 0.1) is 12.2 Å². The number of rotatable bonds is 5. The van der Waals surface area contributed by atoms with Gasteiger partial charge in [0.2, 0.25) is 0 Å². The molecule has 2 rings (SSSR count). The van der Waals surface area contributed by atoms with Crippen molar-refractivity contribution >= 4 is 17.6 Å². The van der Waals surface area contributed by atoms with Crippen molar-refractivity contribution in [2.24, 2.45) is 5.73 Å². The van der Waals surface area contributed by atoms with Gasteiger partial charge in [0.15, 0.2) is 0 Å². The average molecular weight is 288 g/mol. The first-order valence-electron chi connectivity index (χ1n) is 6.05. The molecule has 0 fully saturated rings.